The van der Waals surface area contributed by atoms with Gasteiger partial charge in [0.15, 0.2) is 0 Å². The maximum Gasteiger partial charge on any atom is 0.244 e. The predicted octanol–water partition coefficient (Wildman–Crippen LogP) is 1.58. The monoisotopic (exact) mass is 263 g/mol. The van der Waals surface area contributed by atoms with E-state index in [1.165, 1.54) is 12.1 Å². The van der Waals surface area contributed by atoms with E-state index >= 15 is 0 Å². The van der Waals surface area contributed by atoms with Crippen LogP contribution in [0.4, 0.5) is 4.39 Å². The minimum atomic E-state index is -0.392. The molecule has 100 valence electrons. The highest BCUT2D eigenvalue weighted by molar-refractivity contribution is 5.55. The minimum Gasteiger partial charge on any atom is -0.392 e. The Morgan fingerprint density at radius 1 is 1.42 bits per heavy atom. The van der Waals surface area contributed by atoms with Crippen molar-refractivity contribution >= 4 is 0 Å². The van der Waals surface area contributed by atoms with Gasteiger partial charge in [-0.15, -0.1) is 0 Å². The SMILES string of the molecule is Cc1cc(F)cc(-c2noc([C@H]3C[C@H](O)CN3)n2)c1. The van der Waals surface area contributed by atoms with E-state index in [0.717, 1.165) is 5.56 Å². The van der Waals surface area contributed by atoms with Gasteiger partial charge in [0.05, 0.1) is 12.1 Å². The third-order valence-corrected chi connectivity index (χ3v) is 3.15. The molecule has 0 unspecified atom stereocenters. The summed E-state index contributed by atoms with van der Waals surface area (Å²) in [5.74, 6) is 0.463. The molecule has 1 fully saturated rings. The van der Waals surface area contributed by atoms with Gasteiger partial charge in [-0.05, 0) is 37.1 Å². The summed E-state index contributed by atoms with van der Waals surface area (Å²) in [5.41, 5.74) is 1.39. The van der Waals surface area contributed by atoms with Crippen LogP contribution in [0.25, 0.3) is 11.4 Å². The molecular formula is C13H14FN3O2. The molecule has 0 saturated carbocycles. The number of hydrogen-bond acceptors (Lipinski definition) is 5. The van der Waals surface area contributed by atoms with Crippen molar-refractivity contribution in [3.05, 3.63) is 35.5 Å². The summed E-state index contributed by atoms with van der Waals surface area (Å²) in [7, 11) is 0. The van der Waals surface area contributed by atoms with Gasteiger partial charge in [0.25, 0.3) is 0 Å². The number of halogens is 1. The van der Waals surface area contributed by atoms with E-state index in [0.29, 0.717) is 30.2 Å². The lowest BCUT2D eigenvalue weighted by Gasteiger charge is -2.01. The number of benzene rings is 1. The van der Waals surface area contributed by atoms with Crippen LogP contribution in [0, 0.1) is 12.7 Å². The molecule has 0 bridgehead atoms. The third-order valence-electron chi connectivity index (χ3n) is 3.15. The topological polar surface area (TPSA) is 71.2 Å². The second-order valence-electron chi connectivity index (χ2n) is 4.82. The third kappa shape index (κ3) is 2.50. The first-order valence-electron chi connectivity index (χ1n) is 6.14. The van der Waals surface area contributed by atoms with E-state index < -0.39 is 6.10 Å². The Bertz CT molecular complexity index is 579. The number of aliphatic hydroxyl groups is 1. The number of nitrogens with zero attached hydrogens (tertiary/aromatic N) is 2. The smallest absolute Gasteiger partial charge is 0.244 e. The summed E-state index contributed by atoms with van der Waals surface area (Å²) >= 11 is 0. The molecule has 2 N–H and O–H groups in total. The fraction of sp³-hybridized carbons (Fsp3) is 0.385. The highest BCUT2D eigenvalue weighted by atomic mass is 19.1. The van der Waals surface area contributed by atoms with Gasteiger partial charge in [-0.1, -0.05) is 5.16 Å². The summed E-state index contributed by atoms with van der Waals surface area (Å²) < 4.78 is 18.5. The Kier molecular flexibility index (Phi) is 3.04. The maximum atomic E-state index is 13.3. The molecule has 0 spiro atoms. The quantitative estimate of drug-likeness (QED) is 0.860. The predicted molar refractivity (Wildman–Crippen MR) is 65.8 cm³/mol. The van der Waals surface area contributed by atoms with Crippen molar-refractivity contribution in [2.75, 3.05) is 6.54 Å². The van der Waals surface area contributed by atoms with E-state index in [4.69, 9.17) is 4.52 Å². The molecule has 0 radical (unpaired) electrons. The van der Waals surface area contributed by atoms with Crippen LogP contribution in [0.5, 0.6) is 0 Å². The normalized spacial score (nSPS) is 22.9. The summed E-state index contributed by atoms with van der Waals surface area (Å²) in [6.45, 7) is 2.32. The zero-order valence-corrected chi connectivity index (χ0v) is 10.4. The standard InChI is InChI=1S/C13H14FN3O2/c1-7-2-8(4-9(14)3-7)12-16-13(19-17-12)11-5-10(18)6-15-11/h2-4,10-11,15,18H,5-6H2,1H3/t10-,11+/m0/s1. The molecular weight excluding hydrogens is 249 g/mol. The van der Waals surface area contributed by atoms with Gasteiger partial charge >= 0.3 is 0 Å². The fourth-order valence-corrected chi connectivity index (χ4v) is 2.26. The number of aryl methyl sites for hydroxylation is 1. The second-order valence-corrected chi connectivity index (χ2v) is 4.82. The molecule has 1 aromatic carbocycles. The number of nitrogens with one attached hydrogen (secondary N) is 1. The van der Waals surface area contributed by atoms with Gasteiger partial charge in [0, 0.05) is 12.1 Å². The van der Waals surface area contributed by atoms with Crippen molar-refractivity contribution in [1.29, 1.82) is 0 Å². The van der Waals surface area contributed by atoms with E-state index in [1.54, 1.807) is 6.07 Å². The van der Waals surface area contributed by atoms with Crippen LogP contribution in [-0.4, -0.2) is 27.9 Å². The average molecular weight is 263 g/mol. The first-order chi connectivity index (χ1) is 9.11. The molecule has 5 nitrogen and oxygen atoms in total. The average Bonchev–Trinajstić information content (AvgIpc) is 2.95. The molecule has 1 saturated heterocycles. The maximum absolute atomic E-state index is 13.3. The van der Waals surface area contributed by atoms with Crippen LogP contribution < -0.4 is 5.32 Å². The first kappa shape index (κ1) is 12.3. The summed E-state index contributed by atoms with van der Waals surface area (Å²) in [6.07, 6.45) is 0.154. The number of aliphatic hydroxyl groups excluding tert-OH is 1. The van der Waals surface area contributed by atoms with Gasteiger partial charge in [-0.25, -0.2) is 4.39 Å². The van der Waals surface area contributed by atoms with Crippen molar-refractivity contribution in [1.82, 2.24) is 15.5 Å². The first-order valence-corrected chi connectivity index (χ1v) is 6.14. The molecule has 19 heavy (non-hydrogen) atoms. The molecule has 1 aliphatic rings. The van der Waals surface area contributed by atoms with Crippen LogP contribution in [0.15, 0.2) is 22.7 Å². The molecule has 6 heteroatoms. The van der Waals surface area contributed by atoms with Gasteiger partial charge in [-0.2, -0.15) is 4.98 Å². The number of rotatable bonds is 2. The van der Waals surface area contributed by atoms with Crippen LogP contribution in [0.3, 0.4) is 0 Å². The van der Waals surface area contributed by atoms with Crippen molar-refractivity contribution in [2.45, 2.75) is 25.5 Å². The lowest BCUT2D eigenvalue weighted by molar-refractivity contribution is 0.191. The molecule has 1 aromatic heterocycles. The van der Waals surface area contributed by atoms with Gasteiger partial charge in [0.2, 0.25) is 11.7 Å². The zero-order valence-electron chi connectivity index (χ0n) is 10.4. The molecule has 0 aliphatic carbocycles. The molecule has 1 aliphatic heterocycles. The Hall–Kier alpha value is -1.79. The van der Waals surface area contributed by atoms with Gasteiger partial charge in [0.1, 0.15) is 5.82 Å². The van der Waals surface area contributed by atoms with Crippen molar-refractivity contribution in [2.24, 2.45) is 0 Å². The zero-order chi connectivity index (χ0) is 13.4. The highest BCUT2D eigenvalue weighted by Gasteiger charge is 2.28. The van der Waals surface area contributed by atoms with Crippen LogP contribution >= 0.6 is 0 Å². The van der Waals surface area contributed by atoms with Crippen LogP contribution in [0.2, 0.25) is 0 Å². The molecule has 0 amide bonds. The Morgan fingerprint density at radius 2 is 2.26 bits per heavy atom. The van der Waals surface area contributed by atoms with E-state index in [9.17, 15) is 9.50 Å². The van der Waals surface area contributed by atoms with Crippen LogP contribution in [0.1, 0.15) is 23.9 Å². The lowest BCUT2D eigenvalue weighted by Crippen LogP contribution is -2.15. The number of aromatic nitrogens is 2. The highest BCUT2D eigenvalue weighted by Crippen LogP contribution is 2.25. The van der Waals surface area contributed by atoms with E-state index in [-0.39, 0.29) is 11.9 Å². The number of β-amino-alcohol motifs (C(OH)–C–C–N with tert-alkyl or cyclic N) is 1. The van der Waals surface area contributed by atoms with Crippen molar-refractivity contribution < 1.29 is 14.0 Å². The van der Waals surface area contributed by atoms with Crippen molar-refractivity contribution in [3.8, 4) is 11.4 Å². The summed E-state index contributed by atoms with van der Waals surface area (Å²) in [6, 6.07) is 4.48. The van der Waals surface area contributed by atoms with E-state index in [1.807, 2.05) is 6.92 Å². The molecule has 2 aromatic rings. The summed E-state index contributed by atoms with van der Waals surface area (Å²) in [5, 5.41) is 16.4. The van der Waals surface area contributed by atoms with Crippen molar-refractivity contribution in [3.63, 3.8) is 0 Å². The fourth-order valence-electron chi connectivity index (χ4n) is 2.26. The Balaban J connectivity index is 1.88. The van der Waals surface area contributed by atoms with E-state index in [2.05, 4.69) is 15.5 Å². The molecule has 3 rings (SSSR count). The molecule has 2 atom stereocenters. The Morgan fingerprint density at radius 3 is 2.95 bits per heavy atom. The minimum absolute atomic E-state index is 0.133. The van der Waals surface area contributed by atoms with Gasteiger partial charge < -0.3 is 14.9 Å². The Labute approximate surface area is 109 Å². The van der Waals surface area contributed by atoms with Crippen LogP contribution in [-0.2, 0) is 0 Å². The van der Waals surface area contributed by atoms with Gasteiger partial charge in [-0.3, -0.25) is 0 Å². The second kappa shape index (κ2) is 4.71. The lowest BCUT2D eigenvalue weighted by atomic mass is 10.1. The number of hydrogen-bond donors (Lipinski definition) is 2. The summed E-state index contributed by atoms with van der Waals surface area (Å²) in [4.78, 5) is 4.26. The molecule has 2 heterocycles. The largest absolute Gasteiger partial charge is 0.392 e.